The number of unbranched alkanes of at least 4 members (excludes halogenated alkanes) is 1. The molecule has 1 saturated heterocycles. The van der Waals surface area contributed by atoms with E-state index in [0.29, 0.717) is 6.04 Å². The molecule has 1 fully saturated rings. The van der Waals surface area contributed by atoms with Gasteiger partial charge >= 0.3 is 0 Å². The van der Waals surface area contributed by atoms with Crippen molar-refractivity contribution in [1.29, 1.82) is 0 Å². The number of rotatable bonds is 5. The Kier molecular flexibility index (Phi) is 5.00. The van der Waals surface area contributed by atoms with Crippen molar-refractivity contribution >= 4 is 21.5 Å². The minimum Gasteiger partial charge on any atom is -0.314 e. The fourth-order valence-corrected chi connectivity index (χ4v) is 4.28. The molecule has 1 aliphatic rings. The van der Waals surface area contributed by atoms with Crippen molar-refractivity contribution in [2.45, 2.75) is 32.2 Å². The van der Waals surface area contributed by atoms with Crippen molar-refractivity contribution in [3.63, 3.8) is 0 Å². The minimum atomic E-state index is 0.525. The van der Waals surface area contributed by atoms with E-state index in [0.717, 1.165) is 26.2 Å². The van der Waals surface area contributed by atoms with E-state index in [2.05, 4.69) is 71.7 Å². The van der Waals surface area contributed by atoms with E-state index in [1.54, 1.807) is 0 Å². The van der Waals surface area contributed by atoms with Crippen LogP contribution in [0.25, 0.3) is 21.5 Å². The van der Waals surface area contributed by atoms with Gasteiger partial charge in [-0.05, 0) is 39.6 Å². The Morgan fingerprint density at radius 3 is 2.36 bits per heavy atom. The second-order valence-corrected chi connectivity index (χ2v) is 7.18. The summed E-state index contributed by atoms with van der Waals surface area (Å²) in [5, 5.41) is 9.07. The van der Waals surface area contributed by atoms with E-state index in [1.165, 1.54) is 46.4 Å². The van der Waals surface area contributed by atoms with Gasteiger partial charge in [0.15, 0.2) is 0 Å². The second kappa shape index (κ2) is 7.55. The Balaban J connectivity index is 1.88. The molecule has 1 atom stereocenters. The van der Waals surface area contributed by atoms with E-state index in [1.807, 2.05) is 0 Å². The molecular formula is C23H28N2. The monoisotopic (exact) mass is 332 g/mol. The van der Waals surface area contributed by atoms with E-state index in [4.69, 9.17) is 0 Å². The average molecular weight is 332 g/mol. The molecule has 0 spiro atoms. The smallest absolute Gasteiger partial charge is 0.0355 e. The van der Waals surface area contributed by atoms with Crippen LogP contribution < -0.4 is 5.32 Å². The summed E-state index contributed by atoms with van der Waals surface area (Å²) in [5.74, 6) is 0. The van der Waals surface area contributed by atoms with Crippen LogP contribution in [0.15, 0.2) is 54.6 Å². The third-order valence-corrected chi connectivity index (χ3v) is 5.58. The van der Waals surface area contributed by atoms with Gasteiger partial charge in [-0.3, -0.25) is 4.90 Å². The highest BCUT2D eigenvalue weighted by Gasteiger charge is 2.23. The summed E-state index contributed by atoms with van der Waals surface area (Å²) in [6.07, 6.45) is 3.79. The van der Waals surface area contributed by atoms with Crippen LogP contribution in [-0.2, 0) is 0 Å². The van der Waals surface area contributed by atoms with Crippen LogP contribution in [0.2, 0.25) is 0 Å². The molecule has 3 aromatic carbocycles. The summed E-state index contributed by atoms with van der Waals surface area (Å²) in [5.41, 5.74) is 1.52. The van der Waals surface area contributed by atoms with Gasteiger partial charge < -0.3 is 5.32 Å². The summed E-state index contributed by atoms with van der Waals surface area (Å²) in [4.78, 5) is 2.70. The van der Waals surface area contributed by atoms with Crippen LogP contribution in [0.5, 0.6) is 0 Å². The maximum atomic E-state index is 3.50. The first-order valence-electron chi connectivity index (χ1n) is 9.73. The fourth-order valence-electron chi connectivity index (χ4n) is 4.28. The molecule has 0 unspecified atom stereocenters. The first kappa shape index (κ1) is 16.6. The Hall–Kier alpha value is -1.90. The van der Waals surface area contributed by atoms with Crippen molar-refractivity contribution in [2.75, 3.05) is 26.2 Å². The summed E-state index contributed by atoms with van der Waals surface area (Å²) >= 11 is 0. The average Bonchev–Trinajstić information content (AvgIpc) is 2.69. The quantitative estimate of drug-likeness (QED) is 0.652. The van der Waals surface area contributed by atoms with Gasteiger partial charge in [0.1, 0.15) is 0 Å². The lowest BCUT2D eigenvalue weighted by Gasteiger charge is -2.36. The second-order valence-electron chi connectivity index (χ2n) is 7.18. The van der Waals surface area contributed by atoms with Gasteiger partial charge in [0, 0.05) is 32.2 Å². The van der Waals surface area contributed by atoms with Gasteiger partial charge in [-0.1, -0.05) is 68.3 Å². The number of hydrogen-bond acceptors (Lipinski definition) is 2. The maximum Gasteiger partial charge on any atom is 0.0355 e. The van der Waals surface area contributed by atoms with Crippen molar-refractivity contribution in [2.24, 2.45) is 0 Å². The van der Waals surface area contributed by atoms with Crippen molar-refractivity contribution in [3.8, 4) is 0 Å². The molecule has 0 radical (unpaired) electrons. The molecule has 25 heavy (non-hydrogen) atoms. The van der Waals surface area contributed by atoms with Gasteiger partial charge in [-0.15, -0.1) is 0 Å². The van der Waals surface area contributed by atoms with Crippen LogP contribution in [0.4, 0.5) is 0 Å². The topological polar surface area (TPSA) is 15.3 Å². The first-order chi connectivity index (χ1) is 12.4. The molecule has 0 bridgehead atoms. The molecule has 0 aliphatic carbocycles. The Morgan fingerprint density at radius 1 is 0.920 bits per heavy atom. The SMILES string of the molecule is CCCC[C@H](c1cc2ccccc2c2ccccc12)N1CCNCC1. The molecule has 1 N–H and O–H groups in total. The Morgan fingerprint density at radius 2 is 1.60 bits per heavy atom. The molecule has 0 amide bonds. The lowest BCUT2D eigenvalue weighted by Crippen LogP contribution is -2.45. The summed E-state index contributed by atoms with van der Waals surface area (Å²) in [6.45, 7) is 6.81. The number of nitrogens with zero attached hydrogens (tertiary/aromatic N) is 1. The van der Waals surface area contributed by atoms with Crippen LogP contribution in [0, 0.1) is 0 Å². The zero-order valence-corrected chi connectivity index (χ0v) is 15.2. The van der Waals surface area contributed by atoms with Crippen LogP contribution in [0.1, 0.15) is 37.8 Å². The highest BCUT2D eigenvalue weighted by Crippen LogP contribution is 2.36. The van der Waals surface area contributed by atoms with Crippen LogP contribution >= 0.6 is 0 Å². The molecule has 0 saturated carbocycles. The largest absolute Gasteiger partial charge is 0.314 e. The molecule has 3 aromatic rings. The number of hydrogen-bond donors (Lipinski definition) is 1. The number of fused-ring (bicyclic) bond motifs is 3. The number of nitrogens with one attached hydrogen (secondary N) is 1. The van der Waals surface area contributed by atoms with E-state index in [-0.39, 0.29) is 0 Å². The summed E-state index contributed by atoms with van der Waals surface area (Å²) < 4.78 is 0. The Labute approximate surface area is 150 Å². The fraction of sp³-hybridized carbons (Fsp3) is 0.391. The molecule has 0 aromatic heterocycles. The molecule has 1 aliphatic heterocycles. The van der Waals surface area contributed by atoms with E-state index >= 15 is 0 Å². The predicted octanol–water partition coefficient (Wildman–Crippen LogP) is 5.13. The summed E-state index contributed by atoms with van der Waals surface area (Å²) in [7, 11) is 0. The van der Waals surface area contributed by atoms with Gasteiger partial charge in [-0.2, -0.15) is 0 Å². The van der Waals surface area contributed by atoms with E-state index < -0.39 is 0 Å². The third-order valence-electron chi connectivity index (χ3n) is 5.58. The number of piperazine rings is 1. The molecule has 4 rings (SSSR count). The van der Waals surface area contributed by atoms with Crippen molar-refractivity contribution in [3.05, 3.63) is 60.2 Å². The summed E-state index contributed by atoms with van der Waals surface area (Å²) in [6, 6.07) is 20.8. The van der Waals surface area contributed by atoms with Crippen LogP contribution in [-0.4, -0.2) is 31.1 Å². The first-order valence-corrected chi connectivity index (χ1v) is 9.73. The van der Waals surface area contributed by atoms with Crippen molar-refractivity contribution in [1.82, 2.24) is 10.2 Å². The van der Waals surface area contributed by atoms with Gasteiger partial charge in [0.05, 0.1) is 0 Å². The van der Waals surface area contributed by atoms with Crippen LogP contribution in [0.3, 0.4) is 0 Å². The van der Waals surface area contributed by atoms with Gasteiger partial charge in [-0.25, -0.2) is 0 Å². The molecular weight excluding hydrogens is 304 g/mol. The zero-order chi connectivity index (χ0) is 17.1. The van der Waals surface area contributed by atoms with Gasteiger partial charge in [0.25, 0.3) is 0 Å². The van der Waals surface area contributed by atoms with E-state index in [9.17, 15) is 0 Å². The molecule has 2 nitrogen and oxygen atoms in total. The lowest BCUT2D eigenvalue weighted by atomic mass is 9.90. The maximum absolute atomic E-state index is 3.50. The number of benzene rings is 3. The molecule has 2 heteroatoms. The normalized spacial score (nSPS) is 17.2. The zero-order valence-electron chi connectivity index (χ0n) is 15.2. The Bertz CT molecular complexity index is 849. The highest BCUT2D eigenvalue weighted by atomic mass is 15.2. The van der Waals surface area contributed by atoms with Crippen molar-refractivity contribution < 1.29 is 0 Å². The highest BCUT2D eigenvalue weighted by molar-refractivity contribution is 6.09. The molecule has 130 valence electrons. The standard InChI is InChI=1S/C23H28N2/c1-2-3-12-23(25-15-13-24-14-16-25)22-17-18-8-4-5-9-19(18)20-10-6-7-11-21(20)22/h4-11,17,23-24H,2-3,12-16H2,1H3/t23-/m1/s1. The third kappa shape index (κ3) is 3.29. The lowest BCUT2D eigenvalue weighted by molar-refractivity contribution is 0.164. The molecule has 1 heterocycles. The predicted molar refractivity (Wildman–Crippen MR) is 108 cm³/mol. The van der Waals surface area contributed by atoms with Gasteiger partial charge in [0.2, 0.25) is 0 Å². The minimum absolute atomic E-state index is 0.525.